The van der Waals surface area contributed by atoms with Gasteiger partial charge < -0.3 is 9.84 Å². The smallest absolute Gasteiger partial charge is 0.239 e. The van der Waals surface area contributed by atoms with Crippen LogP contribution in [-0.4, -0.2) is 26.5 Å². The fourth-order valence-electron chi connectivity index (χ4n) is 1.40. The Labute approximate surface area is 119 Å². The summed E-state index contributed by atoms with van der Waals surface area (Å²) in [5.41, 5.74) is 0. The molecule has 0 aromatic carbocycles. The molecule has 0 fully saturated rings. The van der Waals surface area contributed by atoms with Crippen molar-refractivity contribution >= 4 is 34.8 Å². The first kappa shape index (κ1) is 14.0. The molecule has 0 unspecified atom stereocenters. The number of nitrogens with zero attached hydrogens (tertiary/aromatic N) is 3. The lowest BCUT2D eigenvalue weighted by molar-refractivity contribution is -0.115. The van der Waals surface area contributed by atoms with E-state index in [1.54, 1.807) is 13.0 Å². The Kier molecular flexibility index (Phi) is 4.54. The number of aromatic nitrogens is 3. The number of hydrogen-bond donors (Lipinski definition) is 1. The van der Waals surface area contributed by atoms with Gasteiger partial charge >= 0.3 is 0 Å². The molecule has 0 aliphatic heterocycles. The average molecular weight is 298 g/mol. The largest absolute Gasteiger partial charge is 0.360 e. The molecule has 1 atom stereocenters. The lowest BCUT2D eigenvalue weighted by atomic mass is 10.3. The van der Waals surface area contributed by atoms with Crippen LogP contribution >= 0.6 is 23.1 Å². The zero-order chi connectivity index (χ0) is 13.8. The number of rotatable bonds is 5. The summed E-state index contributed by atoms with van der Waals surface area (Å²) in [5.74, 6) is 0.999. The summed E-state index contributed by atoms with van der Waals surface area (Å²) in [7, 11) is 0. The predicted molar refractivity (Wildman–Crippen MR) is 74.5 cm³/mol. The minimum atomic E-state index is -0.218. The Bertz CT molecular complexity index is 567. The van der Waals surface area contributed by atoms with Gasteiger partial charge in [0.05, 0.1) is 5.25 Å². The van der Waals surface area contributed by atoms with Gasteiger partial charge in [-0.1, -0.05) is 35.2 Å². The molecule has 1 N–H and O–H groups in total. The molecule has 19 heavy (non-hydrogen) atoms. The van der Waals surface area contributed by atoms with E-state index in [-0.39, 0.29) is 11.2 Å². The summed E-state index contributed by atoms with van der Waals surface area (Å²) in [4.78, 5) is 12.1. The number of thioether (sulfide) groups is 1. The van der Waals surface area contributed by atoms with E-state index < -0.39 is 0 Å². The van der Waals surface area contributed by atoms with Crippen molar-refractivity contribution in [3.63, 3.8) is 0 Å². The van der Waals surface area contributed by atoms with Gasteiger partial charge in [0.25, 0.3) is 0 Å². The first-order chi connectivity index (χ1) is 9.08. The molecule has 2 heterocycles. The Morgan fingerprint density at radius 3 is 2.84 bits per heavy atom. The predicted octanol–water partition coefficient (Wildman–Crippen LogP) is 2.65. The Hall–Kier alpha value is -1.41. The lowest BCUT2D eigenvalue weighted by Gasteiger charge is -2.10. The number of hydrogen-bond acceptors (Lipinski definition) is 7. The summed E-state index contributed by atoms with van der Waals surface area (Å²) < 4.78 is 5.71. The monoisotopic (exact) mass is 298 g/mol. The third-order valence-electron chi connectivity index (χ3n) is 2.29. The van der Waals surface area contributed by atoms with Gasteiger partial charge in [0.2, 0.25) is 5.91 Å². The van der Waals surface area contributed by atoms with Crippen molar-refractivity contribution in [1.29, 1.82) is 0 Å². The highest BCUT2D eigenvalue weighted by Crippen LogP contribution is 2.28. The van der Waals surface area contributed by atoms with E-state index in [4.69, 9.17) is 4.52 Å². The first-order valence-corrected chi connectivity index (χ1v) is 7.49. The van der Waals surface area contributed by atoms with Crippen LogP contribution in [0.25, 0.3) is 0 Å². The Morgan fingerprint density at radius 2 is 2.32 bits per heavy atom. The van der Waals surface area contributed by atoms with Crippen molar-refractivity contribution in [2.24, 2.45) is 0 Å². The van der Waals surface area contributed by atoms with Crippen LogP contribution in [0.4, 0.5) is 5.82 Å². The molecular formula is C11H14N4O2S2. The van der Waals surface area contributed by atoms with Crippen LogP contribution in [0.3, 0.4) is 0 Å². The van der Waals surface area contributed by atoms with Gasteiger partial charge in [0.1, 0.15) is 10.8 Å². The summed E-state index contributed by atoms with van der Waals surface area (Å²) >= 11 is 2.90. The van der Waals surface area contributed by atoms with Gasteiger partial charge in [-0.2, -0.15) is 0 Å². The highest BCUT2D eigenvalue weighted by Gasteiger charge is 2.20. The van der Waals surface area contributed by atoms with E-state index >= 15 is 0 Å². The molecule has 0 aliphatic carbocycles. The minimum absolute atomic E-state index is 0.103. The zero-order valence-electron chi connectivity index (χ0n) is 10.8. The lowest BCUT2D eigenvalue weighted by Crippen LogP contribution is -2.24. The third-order valence-corrected chi connectivity index (χ3v) is 4.58. The SMILES string of the molecule is CC[C@@H](Sc1nnc(C)s1)C(=O)Nc1cc(C)on1. The maximum absolute atomic E-state index is 12.1. The summed E-state index contributed by atoms with van der Waals surface area (Å²) in [6.45, 7) is 5.62. The van der Waals surface area contributed by atoms with Gasteiger partial charge in [0.15, 0.2) is 10.2 Å². The number of nitrogens with one attached hydrogen (secondary N) is 1. The molecule has 0 spiro atoms. The van der Waals surface area contributed by atoms with Crippen molar-refractivity contribution in [2.45, 2.75) is 36.8 Å². The molecule has 1 amide bonds. The van der Waals surface area contributed by atoms with Crippen molar-refractivity contribution < 1.29 is 9.32 Å². The molecule has 0 bridgehead atoms. The van der Waals surface area contributed by atoms with Crippen LogP contribution in [0.2, 0.25) is 0 Å². The normalized spacial score (nSPS) is 12.4. The van der Waals surface area contributed by atoms with Gasteiger partial charge in [0, 0.05) is 6.07 Å². The van der Waals surface area contributed by atoms with Crippen LogP contribution in [0, 0.1) is 13.8 Å². The maximum Gasteiger partial charge on any atom is 0.239 e. The molecule has 2 aromatic heterocycles. The second kappa shape index (κ2) is 6.16. The van der Waals surface area contributed by atoms with Gasteiger partial charge in [-0.15, -0.1) is 10.2 Å². The number of anilines is 1. The average Bonchev–Trinajstić information content (AvgIpc) is 2.95. The number of carbonyl (C=O) groups is 1. The van der Waals surface area contributed by atoms with Gasteiger partial charge in [-0.25, -0.2) is 0 Å². The molecule has 102 valence electrons. The van der Waals surface area contributed by atoms with Crippen molar-refractivity contribution in [2.75, 3.05) is 5.32 Å². The summed E-state index contributed by atoms with van der Waals surface area (Å²) in [5, 5.41) is 15.1. The second-order valence-electron chi connectivity index (χ2n) is 3.91. The van der Waals surface area contributed by atoms with Crippen LogP contribution in [0.5, 0.6) is 0 Å². The van der Waals surface area contributed by atoms with Crippen molar-refractivity contribution in [1.82, 2.24) is 15.4 Å². The van der Waals surface area contributed by atoms with Crippen LogP contribution < -0.4 is 5.32 Å². The fraction of sp³-hybridized carbons (Fsp3) is 0.455. The molecule has 2 rings (SSSR count). The Balaban J connectivity index is 1.98. The molecular weight excluding hydrogens is 284 g/mol. The second-order valence-corrected chi connectivity index (χ2v) is 6.55. The Morgan fingerprint density at radius 1 is 1.53 bits per heavy atom. The topological polar surface area (TPSA) is 80.9 Å². The maximum atomic E-state index is 12.1. The molecule has 6 nitrogen and oxygen atoms in total. The fourth-order valence-corrected chi connectivity index (χ4v) is 3.38. The molecule has 0 saturated heterocycles. The quantitative estimate of drug-likeness (QED) is 0.855. The molecule has 8 heteroatoms. The third kappa shape index (κ3) is 3.77. The number of amides is 1. The van der Waals surface area contributed by atoms with Crippen LogP contribution in [0.15, 0.2) is 14.9 Å². The van der Waals surface area contributed by atoms with Crippen LogP contribution in [0.1, 0.15) is 24.1 Å². The molecule has 0 aliphatic rings. The molecule has 0 radical (unpaired) electrons. The van der Waals surface area contributed by atoms with E-state index in [0.717, 1.165) is 9.35 Å². The van der Waals surface area contributed by atoms with Crippen molar-refractivity contribution in [3.8, 4) is 0 Å². The molecule has 2 aromatic rings. The van der Waals surface area contributed by atoms with Crippen LogP contribution in [-0.2, 0) is 4.79 Å². The van der Waals surface area contributed by atoms with E-state index in [1.807, 2.05) is 13.8 Å². The van der Waals surface area contributed by atoms with E-state index in [0.29, 0.717) is 18.0 Å². The first-order valence-electron chi connectivity index (χ1n) is 5.79. The van der Waals surface area contributed by atoms with E-state index in [9.17, 15) is 4.79 Å². The standard InChI is InChI=1S/C11H14N4O2S2/c1-4-8(19-11-14-13-7(3)18-11)10(16)12-9-5-6(2)17-15-9/h5,8H,4H2,1-3H3,(H,12,15,16)/t8-/m1/s1. The number of carbonyl (C=O) groups excluding carboxylic acids is 1. The highest BCUT2D eigenvalue weighted by molar-refractivity contribution is 8.02. The summed E-state index contributed by atoms with van der Waals surface area (Å²) in [6.07, 6.45) is 0.700. The van der Waals surface area contributed by atoms with Crippen molar-refractivity contribution in [3.05, 3.63) is 16.8 Å². The highest BCUT2D eigenvalue weighted by atomic mass is 32.2. The zero-order valence-corrected chi connectivity index (χ0v) is 12.5. The summed E-state index contributed by atoms with van der Waals surface area (Å²) in [6, 6.07) is 1.68. The van der Waals surface area contributed by atoms with Gasteiger partial charge in [-0.05, 0) is 20.3 Å². The van der Waals surface area contributed by atoms with E-state index in [1.165, 1.54) is 23.1 Å². The van der Waals surface area contributed by atoms with E-state index in [2.05, 4.69) is 20.7 Å². The minimum Gasteiger partial charge on any atom is -0.360 e. The number of aryl methyl sites for hydroxylation is 2. The van der Waals surface area contributed by atoms with Gasteiger partial charge in [-0.3, -0.25) is 4.79 Å². The molecule has 0 saturated carbocycles.